The standard InChI is InChI=1S/C23H28N2O7/c1-13(2)20(32-23(29)16-9-7-6-8-10-16)15(4)31-22(28)14(3)25-21(27)18-19(26)17(30-5)11-12-24-18/h6-15,20,26H,1-5H3,(H,25,27)/t14-,15-,20-/m0/s1. The molecule has 9 nitrogen and oxygen atoms in total. The molecule has 0 aliphatic heterocycles. The summed E-state index contributed by atoms with van der Waals surface area (Å²) in [5, 5.41) is 12.5. The van der Waals surface area contributed by atoms with Crippen molar-refractivity contribution in [1.82, 2.24) is 10.3 Å². The number of esters is 2. The van der Waals surface area contributed by atoms with Crippen molar-refractivity contribution in [3.63, 3.8) is 0 Å². The van der Waals surface area contributed by atoms with Gasteiger partial charge in [0.25, 0.3) is 5.91 Å². The number of hydrogen-bond donors (Lipinski definition) is 2. The van der Waals surface area contributed by atoms with Crippen molar-refractivity contribution < 1.29 is 33.7 Å². The maximum atomic E-state index is 12.5. The summed E-state index contributed by atoms with van der Waals surface area (Å²) in [5.41, 5.74) is 0.108. The van der Waals surface area contributed by atoms with Crippen molar-refractivity contribution in [2.45, 2.75) is 45.9 Å². The van der Waals surface area contributed by atoms with Crippen molar-refractivity contribution in [1.29, 1.82) is 0 Å². The Morgan fingerprint density at radius 2 is 1.66 bits per heavy atom. The van der Waals surface area contributed by atoms with Crippen molar-refractivity contribution in [2.24, 2.45) is 5.92 Å². The van der Waals surface area contributed by atoms with Crippen LogP contribution in [-0.2, 0) is 14.3 Å². The van der Waals surface area contributed by atoms with Crippen molar-refractivity contribution in [3.05, 3.63) is 53.9 Å². The highest BCUT2D eigenvalue weighted by Crippen LogP contribution is 2.27. The van der Waals surface area contributed by atoms with Crippen LogP contribution >= 0.6 is 0 Å². The molecule has 0 spiro atoms. The summed E-state index contributed by atoms with van der Waals surface area (Å²) in [6.45, 7) is 6.74. The lowest BCUT2D eigenvalue weighted by Gasteiger charge is -2.28. The van der Waals surface area contributed by atoms with Gasteiger partial charge in [0.05, 0.1) is 12.7 Å². The number of carbonyl (C=O) groups is 3. The van der Waals surface area contributed by atoms with Crippen molar-refractivity contribution in [2.75, 3.05) is 7.11 Å². The normalized spacial score (nSPS) is 13.6. The number of aromatic hydroxyl groups is 1. The summed E-state index contributed by atoms with van der Waals surface area (Å²) in [6.07, 6.45) is -0.163. The predicted molar refractivity (Wildman–Crippen MR) is 115 cm³/mol. The van der Waals surface area contributed by atoms with E-state index in [9.17, 15) is 19.5 Å². The highest BCUT2D eigenvalue weighted by atomic mass is 16.6. The minimum absolute atomic E-state index is 0.0778. The number of pyridine rings is 1. The highest BCUT2D eigenvalue weighted by molar-refractivity contribution is 5.97. The second-order valence-electron chi connectivity index (χ2n) is 7.53. The molecule has 1 aromatic heterocycles. The molecule has 1 amide bonds. The zero-order valence-corrected chi connectivity index (χ0v) is 18.7. The first-order valence-corrected chi connectivity index (χ1v) is 10.1. The molecule has 0 unspecified atom stereocenters. The van der Waals surface area contributed by atoms with Gasteiger partial charge in [-0.2, -0.15) is 0 Å². The van der Waals surface area contributed by atoms with Crippen LogP contribution in [0.25, 0.3) is 0 Å². The van der Waals surface area contributed by atoms with Crippen LogP contribution in [-0.4, -0.2) is 53.3 Å². The van der Waals surface area contributed by atoms with Crippen molar-refractivity contribution >= 4 is 17.8 Å². The number of benzene rings is 1. The molecule has 0 bridgehead atoms. The lowest BCUT2D eigenvalue weighted by Crippen LogP contribution is -2.44. The van der Waals surface area contributed by atoms with Crippen LogP contribution in [0.2, 0.25) is 0 Å². The van der Waals surface area contributed by atoms with Gasteiger partial charge in [-0.25, -0.2) is 14.6 Å². The average Bonchev–Trinajstić information content (AvgIpc) is 2.77. The van der Waals surface area contributed by atoms with E-state index < -0.39 is 41.8 Å². The summed E-state index contributed by atoms with van der Waals surface area (Å²) in [4.78, 5) is 41.2. The number of ether oxygens (including phenoxy) is 3. The van der Waals surface area contributed by atoms with Gasteiger partial charge >= 0.3 is 11.9 Å². The van der Waals surface area contributed by atoms with Crippen LogP contribution in [0.3, 0.4) is 0 Å². The van der Waals surface area contributed by atoms with E-state index in [0.29, 0.717) is 5.56 Å². The number of rotatable bonds is 9. The number of carbonyl (C=O) groups excluding carboxylic acids is 3. The molecule has 0 saturated heterocycles. The van der Waals surface area contributed by atoms with Gasteiger partial charge in [0.2, 0.25) is 0 Å². The molecule has 2 aromatic rings. The number of aromatic nitrogens is 1. The Balaban J connectivity index is 2.01. The molecule has 0 aliphatic rings. The van der Waals surface area contributed by atoms with Gasteiger partial charge in [0.15, 0.2) is 17.2 Å². The molecule has 0 fully saturated rings. The minimum atomic E-state index is -1.05. The van der Waals surface area contributed by atoms with Crippen molar-refractivity contribution in [3.8, 4) is 11.5 Å². The lowest BCUT2D eigenvalue weighted by atomic mass is 10.0. The van der Waals surface area contributed by atoms with Gasteiger partial charge in [-0.15, -0.1) is 0 Å². The van der Waals surface area contributed by atoms with Crippen LogP contribution in [0.15, 0.2) is 42.6 Å². The van der Waals surface area contributed by atoms with Gasteiger partial charge in [0.1, 0.15) is 18.2 Å². The third-order valence-corrected chi connectivity index (χ3v) is 4.70. The number of hydrogen-bond acceptors (Lipinski definition) is 8. The van der Waals surface area contributed by atoms with E-state index in [0.717, 1.165) is 0 Å². The maximum absolute atomic E-state index is 12.5. The number of methoxy groups -OCH3 is 1. The maximum Gasteiger partial charge on any atom is 0.338 e. The van der Waals surface area contributed by atoms with Crippen LogP contribution < -0.4 is 10.1 Å². The van der Waals surface area contributed by atoms with E-state index in [1.807, 2.05) is 13.8 Å². The number of amides is 1. The molecule has 1 heterocycles. The summed E-state index contributed by atoms with van der Waals surface area (Å²) in [6, 6.07) is 8.86. The second-order valence-corrected chi connectivity index (χ2v) is 7.53. The van der Waals surface area contributed by atoms with Gasteiger partial charge in [0, 0.05) is 12.3 Å². The predicted octanol–water partition coefficient (Wildman–Crippen LogP) is 2.73. The Morgan fingerprint density at radius 3 is 2.25 bits per heavy atom. The summed E-state index contributed by atoms with van der Waals surface area (Å²) < 4.78 is 16.0. The van der Waals surface area contributed by atoms with Gasteiger partial charge in [-0.3, -0.25) is 4.79 Å². The largest absolute Gasteiger partial charge is 0.503 e. The Labute approximate surface area is 186 Å². The minimum Gasteiger partial charge on any atom is -0.503 e. The third-order valence-electron chi connectivity index (χ3n) is 4.70. The Morgan fingerprint density at radius 1 is 1.00 bits per heavy atom. The molecular weight excluding hydrogens is 416 g/mol. The zero-order valence-electron chi connectivity index (χ0n) is 18.7. The number of nitrogens with one attached hydrogen (secondary N) is 1. The molecule has 32 heavy (non-hydrogen) atoms. The Kier molecular flexibility index (Phi) is 8.57. The molecule has 0 radical (unpaired) electrons. The molecule has 172 valence electrons. The fourth-order valence-electron chi connectivity index (χ4n) is 2.98. The van der Waals surface area contributed by atoms with Gasteiger partial charge in [-0.05, 0) is 31.9 Å². The van der Waals surface area contributed by atoms with E-state index >= 15 is 0 Å². The van der Waals surface area contributed by atoms with Gasteiger partial charge < -0.3 is 24.6 Å². The molecule has 3 atom stereocenters. The quantitative estimate of drug-likeness (QED) is 0.566. The molecule has 2 N–H and O–H groups in total. The monoisotopic (exact) mass is 444 g/mol. The smallest absolute Gasteiger partial charge is 0.338 e. The second kappa shape index (κ2) is 11.1. The fraction of sp³-hybridized carbons (Fsp3) is 0.391. The van der Waals surface area contributed by atoms with E-state index in [2.05, 4.69) is 10.3 Å². The van der Waals surface area contributed by atoms with Crippen LogP contribution in [0.1, 0.15) is 48.5 Å². The van der Waals surface area contributed by atoms with E-state index in [-0.39, 0.29) is 17.4 Å². The molecular formula is C23H28N2O7. The number of nitrogens with zero attached hydrogens (tertiary/aromatic N) is 1. The molecule has 2 rings (SSSR count). The third kappa shape index (κ3) is 6.19. The van der Waals surface area contributed by atoms with Gasteiger partial charge in [-0.1, -0.05) is 32.0 Å². The molecule has 1 aromatic carbocycles. The molecule has 0 aliphatic carbocycles. The van der Waals surface area contributed by atoms with E-state index in [4.69, 9.17) is 14.2 Å². The molecule has 0 saturated carbocycles. The highest BCUT2D eigenvalue weighted by Gasteiger charge is 2.30. The SMILES string of the molecule is COc1ccnc(C(=O)N[C@@H](C)C(=O)O[C@@H](C)[C@@H](OC(=O)c2ccccc2)C(C)C)c1O. The first-order chi connectivity index (χ1) is 15.1. The van der Waals surface area contributed by atoms with Crippen LogP contribution in [0.5, 0.6) is 11.5 Å². The topological polar surface area (TPSA) is 124 Å². The van der Waals surface area contributed by atoms with Crippen LogP contribution in [0.4, 0.5) is 0 Å². The van der Waals surface area contributed by atoms with E-state index in [1.165, 1.54) is 26.3 Å². The Bertz CT molecular complexity index is 947. The molecule has 9 heteroatoms. The zero-order chi connectivity index (χ0) is 23.8. The Hall–Kier alpha value is -3.62. The first-order valence-electron chi connectivity index (χ1n) is 10.1. The summed E-state index contributed by atoms with van der Waals surface area (Å²) >= 11 is 0. The lowest BCUT2D eigenvalue weighted by molar-refractivity contribution is -0.157. The first kappa shape index (κ1) is 24.6. The van der Waals surface area contributed by atoms with Crippen LogP contribution in [0, 0.1) is 5.92 Å². The van der Waals surface area contributed by atoms with E-state index in [1.54, 1.807) is 37.3 Å². The summed E-state index contributed by atoms with van der Waals surface area (Å²) in [7, 11) is 1.34. The summed E-state index contributed by atoms with van der Waals surface area (Å²) in [5.74, 6) is -2.51. The average molecular weight is 444 g/mol. The fourth-order valence-corrected chi connectivity index (χ4v) is 2.98.